The van der Waals surface area contributed by atoms with Crippen molar-refractivity contribution in [1.82, 2.24) is 4.90 Å². The third kappa shape index (κ3) is 5.62. The number of nitro benzene ring substituents is 1. The molecule has 0 radical (unpaired) electrons. The maximum atomic E-state index is 12.2. The van der Waals surface area contributed by atoms with Crippen LogP contribution in [-0.2, 0) is 11.3 Å². The second-order valence-electron chi connectivity index (χ2n) is 5.34. The topological polar surface area (TPSA) is 72.7 Å². The number of carbonyl (C=O) groups excluding carboxylic acids is 1. The average molecular weight is 383 g/mol. The number of benzene rings is 2. The van der Waals surface area contributed by atoms with E-state index >= 15 is 0 Å². The summed E-state index contributed by atoms with van der Waals surface area (Å²) >= 11 is 11.9. The van der Waals surface area contributed by atoms with Gasteiger partial charge in [-0.3, -0.25) is 14.9 Å². The molecule has 0 atom stereocenters. The zero-order chi connectivity index (χ0) is 18.4. The zero-order valence-electron chi connectivity index (χ0n) is 13.4. The summed E-state index contributed by atoms with van der Waals surface area (Å²) in [7, 11) is 1.61. The van der Waals surface area contributed by atoms with Gasteiger partial charge in [0.1, 0.15) is 5.75 Å². The summed E-state index contributed by atoms with van der Waals surface area (Å²) < 4.78 is 5.48. The number of rotatable bonds is 7. The minimum absolute atomic E-state index is 0.0652. The van der Waals surface area contributed by atoms with E-state index in [4.69, 9.17) is 27.9 Å². The summed E-state index contributed by atoms with van der Waals surface area (Å²) in [5, 5.41) is 11.8. The molecule has 2 aromatic carbocycles. The molecule has 0 aliphatic heterocycles. The van der Waals surface area contributed by atoms with Crippen LogP contribution in [0.15, 0.2) is 42.5 Å². The maximum Gasteiger partial charge on any atom is 0.269 e. The Morgan fingerprint density at radius 3 is 2.68 bits per heavy atom. The molecule has 1 amide bonds. The van der Waals surface area contributed by atoms with Crippen LogP contribution in [0.1, 0.15) is 12.0 Å². The highest BCUT2D eigenvalue weighted by Crippen LogP contribution is 2.23. The van der Waals surface area contributed by atoms with E-state index in [-0.39, 0.29) is 31.2 Å². The first-order valence-corrected chi connectivity index (χ1v) is 8.17. The van der Waals surface area contributed by atoms with Crippen LogP contribution in [0.4, 0.5) is 5.69 Å². The van der Waals surface area contributed by atoms with Gasteiger partial charge in [0, 0.05) is 35.8 Å². The molecule has 0 N–H and O–H groups in total. The van der Waals surface area contributed by atoms with Gasteiger partial charge in [-0.15, -0.1) is 0 Å². The minimum atomic E-state index is -0.500. The fraction of sp³-hybridized carbons (Fsp3) is 0.235. The van der Waals surface area contributed by atoms with Crippen molar-refractivity contribution < 1.29 is 14.5 Å². The van der Waals surface area contributed by atoms with Crippen LogP contribution in [0.3, 0.4) is 0 Å². The highest BCUT2D eigenvalue weighted by atomic mass is 35.5. The van der Waals surface area contributed by atoms with Gasteiger partial charge in [-0.1, -0.05) is 29.3 Å². The molecule has 0 unspecified atom stereocenters. The number of nitrogens with zero attached hydrogens (tertiary/aromatic N) is 2. The molecule has 132 valence electrons. The fourth-order valence-corrected chi connectivity index (χ4v) is 2.50. The normalized spacial score (nSPS) is 10.4. The van der Waals surface area contributed by atoms with E-state index in [9.17, 15) is 14.9 Å². The van der Waals surface area contributed by atoms with E-state index in [2.05, 4.69) is 0 Å². The third-order valence-corrected chi connectivity index (χ3v) is 4.06. The van der Waals surface area contributed by atoms with E-state index in [0.717, 1.165) is 0 Å². The summed E-state index contributed by atoms with van der Waals surface area (Å²) in [6, 6.07) is 11.1. The Hall–Kier alpha value is -2.31. The number of ether oxygens (including phenoxy) is 1. The summed E-state index contributed by atoms with van der Waals surface area (Å²) in [6.45, 7) is 0.378. The van der Waals surface area contributed by atoms with Crippen molar-refractivity contribution in [3.63, 3.8) is 0 Å². The Balaban J connectivity index is 1.90. The molecule has 2 rings (SSSR count). The van der Waals surface area contributed by atoms with Crippen molar-refractivity contribution >= 4 is 34.8 Å². The number of amides is 1. The van der Waals surface area contributed by atoms with Gasteiger partial charge in [-0.2, -0.15) is 0 Å². The van der Waals surface area contributed by atoms with E-state index in [1.54, 1.807) is 31.3 Å². The first-order valence-electron chi connectivity index (χ1n) is 7.42. The monoisotopic (exact) mass is 382 g/mol. The number of carbonyl (C=O) groups is 1. The highest BCUT2D eigenvalue weighted by Gasteiger charge is 2.14. The predicted octanol–water partition coefficient (Wildman–Crippen LogP) is 4.33. The zero-order valence-corrected chi connectivity index (χ0v) is 15.0. The van der Waals surface area contributed by atoms with E-state index < -0.39 is 4.92 Å². The first kappa shape index (κ1) is 19.0. The van der Waals surface area contributed by atoms with Crippen LogP contribution in [-0.4, -0.2) is 29.4 Å². The quantitative estimate of drug-likeness (QED) is 0.527. The molecule has 0 saturated heterocycles. The Morgan fingerprint density at radius 2 is 2.00 bits per heavy atom. The molecule has 0 aliphatic carbocycles. The first-order chi connectivity index (χ1) is 11.9. The molecule has 8 heteroatoms. The third-order valence-electron chi connectivity index (χ3n) is 3.45. The van der Waals surface area contributed by atoms with Crippen molar-refractivity contribution in [3.8, 4) is 5.75 Å². The molecule has 0 aliphatic rings. The Bertz CT molecular complexity index is 783. The van der Waals surface area contributed by atoms with E-state index in [1.165, 1.54) is 23.1 Å². The van der Waals surface area contributed by atoms with Gasteiger partial charge in [0.25, 0.3) is 5.69 Å². The second kappa shape index (κ2) is 8.69. The second-order valence-corrected chi connectivity index (χ2v) is 6.18. The van der Waals surface area contributed by atoms with E-state index in [0.29, 0.717) is 21.4 Å². The summed E-state index contributed by atoms with van der Waals surface area (Å²) in [4.78, 5) is 24.0. The van der Waals surface area contributed by atoms with Crippen molar-refractivity contribution in [2.75, 3.05) is 13.7 Å². The molecule has 0 saturated carbocycles. The Morgan fingerprint density at radius 1 is 1.24 bits per heavy atom. The van der Waals surface area contributed by atoms with Crippen LogP contribution in [0.25, 0.3) is 0 Å². The molecule has 0 spiro atoms. The lowest BCUT2D eigenvalue weighted by molar-refractivity contribution is -0.384. The molecule has 0 bridgehead atoms. The summed E-state index contributed by atoms with van der Waals surface area (Å²) in [6.07, 6.45) is 0.162. The molecule has 25 heavy (non-hydrogen) atoms. The van der Waals surface area contributed by atoms with Crippen molar-refractivity contribution in [3.05, 3.63) is 68.2 Å². The molecule has 0 aromatic heterocycles. The average Bonchev–Trinajstić information content (AvgIpc) is 2.56. The summed E-state index contributed by atoms with van der Waals surface area (Å²) in [5.74, 6) is 0.425. The lowest BCUT2D eigenvalue weighted by Crippen LogP contribution is -2.27. The van der Waals surface area contributed by atoms with E-state index in [1.807, 2.05) is 0 Å². The molecule has 2 aromatic rings. The van der Waals surface area contributed by atoms with Crippen molar-refractivity contribution in [2.24, 2.45) is 0 Å². The SMILES string of the molecule is CN(Cc1cc([N+](=O)[O-])ccc1Cl)C(=O)CCOc1cccc(Cl)c1. The van der Waals surface area contributed by atoms with Gasteiger partial charge >= 0.3 is 0 Å². The number of hydrogen-bond donors (Lipinski definition) is 0. The minimum Gasteiger partial charge on any atom is -0.493 e. The number of non-ortho nitro benzene ring substituents is 1. The van der Waals surface area contributed by atoms with Gasteiger partial charge < -0.3 is 9.64 Å². The van der Waals surface area contributed by atoms with Gasteiger partial charge in [0.2, 0.25) is 5.91 Å². The molecule has 0 fully saturated rings. The smallest absolute Gasteiger partial charge is 0.269 e. The molecule has 6 nitrogen and oxygen atoms in total. The lowest BCUT2D eigenvalue weighted by atomic mass is 10.2. The van der Waals surface area contributed by atoms with Crippen molar-refractivity contribution in [2.45, 2.75) is 13.0 Å². The molecular formula is C17H16Cl2N2O4. The Kier molecular flexibility index (Phi) is 6.61. The lowest BCUT2D eigenvalue weighted by Gasteiger charge is -2.18. The van der Waals surface area contributed by atoms with Crippen LogP contribution in [0, 0.1) is 10.1 Å². The predicted molar refractivity (Wildman–Crippen MR) is 96.1 cm³/mol. The van der Waals surface area contributed by atoms with Crippen molar-refractivity contribution in [1.29, 1.82) is 0 Å². The molecular weight excluding hydrogens is 367 g/mol. The van der Waals surface area contributed by atoms with Crippen LogP contribution in [0.2, 0.25) is 10.0 Å². The number of hydrogen-bond acceptors (Lipinski definition) is 4. The number of halogens is 2. The maximum absolute atomic E-state index is 12.2. The number of nitro groups is 1. The van der Waals surface area contributed by atoms with Gasteiger partial charge in [0.15, 0.2) is 0 Å². The van der Waals surface area contributed by atoms with Gasteiger partial charge in [-0.25, -0.2) is 0 Å². The van der Waals surface area contributed by atoms with Gasteiger partial charge in [0.05, 0.1) is 18.0 Å². The largest absolute Gasteiger partial charge is 0.493 e. The van der Waals surface area contributed by atoms with Gasteiger partial charge in [-0.05, 0) is 29.8 Å². The molecule has 0 heterocycles. The standard InChI is InChI=1S/C17H16Cl2N2O4/c1-20(11-12-9-14(21(23)24)5-6-16(12)19)17(22)7-8-25-15-4-2-3-13(18)10-15/h2-6,9-10H,7-8,11H2,1H3. The fourth-order valence-electron chi connectivity index (χ4n) is 2.14. The van der Waals surface area contributed by atoms with Crippen LogP contribution in [0.5, 0.6) is 5.75 Å². The van der Waals surface area contributed by atoms with Crippen LogP contribution >= 0.6 is 23.2 Å². The highest BCUT2D eigenvalue weighted by molar-refractivity contribution is 6.31. The summed E-state index contributed by atoms with van der Waals surface area (Å²) in [5.41, 5.74) is 0.451. The van der Waals surface area contributed by atoms with Crippen LogP contribution < -0.4 is 4.74 Å². The Labute approximate surface area is 155 Å².